The number of hydrogen-bond donors (Lipinski definition) is 1. The van der Waals surface area contributed by atoms with Gasteiger partial charge in [0, 0.05) is 13.7 Å². The van der Waals surface area contributed by atoms with E-state index in [4.69, 9.17) is 9.72 Å². The fourth-order valence-electron chi connectivity index (χ4n) is 2.69. The highest BCUT2D eigenvalue weighted by molar-refractivity contribution is 9.10. The molecule has 0 aliphatic heterocycles. The second kappa shape index (κ2) is 6.18. The van der Waals surface area contributed by atoms with Gasteiger partial charge in [-0.25, -0.2) is 9.97 Å². The van der Waals surface area contributed by atoms with E-state index < -0.39 is 0 Å². The maximum Gasteiger partial charge on any atom is 0.162 e. The number of nitrogens with one attached hydrogen (secondary N) is 1. The molecule has 0 amide bonds. The van der Waals surface area contributed by atoms with Crippen LogP contribution in [0.1, 0.15) is 50.5 Å². The van der Waals surface area contributed by atoms with Crippen molar-refractivity contribution in [1.29, 1.82) is 0 Å². The van der Waals surface area contributed by atoms with Crippen LogP contribution in [0.3, 0.4) is 0 Å². The van der Waals surface area contributed by atoms with Crippen LogP contribution < -0.4 is 5.32 Å². The van der Waals surface area contributed by atoms with Crippen molar-refractivity contribution in [3.63, 3.8) is 0 Å². The Balaban J connectivity index is 2.42. The quantitative estimate of drug-likeness (QED) is 0.914. The third-order valence-corrected chi connectivity index (χ3v) is 4.77. The lowest BCUT2D eigenvalue weighted by molar-refractivity contribution is -0.0515. The summed E-state index contributed by atoms with van der Waals surface area (Å²) in [7, 11) is 1.78. The summed E-state index contributed by atoms with van der Waals surface area (Å²) >= 11 is 3.55. The zero-order valence-corrected chi connectivity index (χ0v) is 13.5. The van der Waals surface area contributed by atoms with Gasteiger partial charge in [0.15, 0.2) is 5.82 Å². The molecule has 0 atom stereocenters. The maximum atomic E-state index is 5.82. The summed E-state index contributed by atoms with van der Waals surface area (Å²) in [5, 5.41) is 3.28. The maximum absolute atomic E-state index is 5.82. The van der Waals surface area contributed by atoms with E-state index >= 15 is 0 Å². The van der Waals surface area contributed by atoms with Crippen LogP contribution in [0.5, 0.6) is 0 Å². The Hall–Kier alpha value is -0.680. The normalized spacial score (nSPS) is 18.3. The molecule has 0 unspecified atom stereocenters. The summed E-state index contributed by atoms with van der Waals surface area (Å²) in [4.78, 5) is 9.35. The second-order valence-corrected chi connectivity index (χ2v) is 5.88. The molecule has 1 aliphatic carbocycles. The third-order valence-electron chi connectivity index (χ3n) is 3.82. The number of hydrogen-bond acceptors (Lipinski definition) is 4. The molecule has 1 saturated carbocycles. The summed E-state index contributed by atoms with van der Waals surface area (Å²) < 4.78 is 6.77. The van der Waals surface area contributed by atoms with E-state index in [0.717, 1.165) is 41.2 Å². The number of aryl methyl sites for hydroxylation is 1. The number of rotatable bonds is 4. The fraction of sp³-hybridized carbons (Fsp3) is 0.714. The van der Waals surface area contributed by atoms with Gasteiger partial charge in [-0.05, 0) is 42.6 Å². The van der Waals surface area contributed by atoms with Crippen molar-refractivity contribution in [3.8, 4) is 0 Å². The monoisotopic (exact) mass is 327 g/mol. The van der Waals surface area contributed by atoms with Gasteiger partial charge < -0.3 is 10.1 Å². The molecule has 0 spiro atoms. The van der Waals surface area contributed by atoms with E-state index in [1.165, 1.54) is 19.3 Å². The largest absolute Gasteiger partial charge is 0.370 e. The lowest BCUT2D eigenvalue weighted by Gasteiger charge is -2.34. The number of methoxy groups -OCH3 is 1. The fourth-order valence-corrected chi connectivity index (χ4v) is 3.01. The molecule has 1 aliphatic rings. The minimum absolute atomic E-state index is 0.298. The molecular weight excluding hydrogens is 306 g/mol. The molecule has 0 radical (unpaired) electrons. The molecule has 0 aromatic carbocycles. The Kier molecular flexibility index (Phi) is 4.79. The van der Waals surface area contributed by atoms with Crippen molar-refractivity contribution >= 4 is 21.7 Å². The van der Waals surface area contributed by atoms with Crippen molar-refractivity contribution in [1.82, 2.24) is 9.97 Å². The zero-order chi connectivity index (χ0) is 13.9. The van der Waals surface area contributed by atoms with Gasteiger partial charge in [-0.3, -0.25) is 0 Å². The summed E-state index contributed by atoms with van der Waals surface area (Å²) in [6, 6.07) is 0. The number of anilines is 1. The van der Waals surface area contributed by atoms with E-state index in [-0.39, 0.29) is 5.60 Å². The van der Waals surface area contributed by atoms with E-state index in [1.54, 1.807) is 7.11 Å². The number of nitrogens with zero attached hydrogens (tertiary/aromatic N) is 2. The predicted octanol–water partition coefficient (Wildman–Crippen LogP) is 3.79. The first kappa shape index (κ1) is 14.7. The molecule has 4 nitrogen and oxygen atoms in total. The first-order chi connectivity index (χ1) is 9.13. The summed E-state index contributed by atoms with van der Waals surface area (Å²) in [6.45, 7) is 4.91. The molecule has 1 fully saturated rings. The molecule has 1 aromatic rings. The lowest BCUT2D eigenvalue weighted by Crippen LogP contribution is -2.33. The van der Waals surface area contributed by atoms with Crippen LogP contribution in [-0.2, 0) is 10.3 Å². The van der Waals surface area contributed by atoms with Crippen LogP contribution in [0.2, 0.25) is 0 Å². The lowest BCUT2D eigenvalue weighted by atomic mass is 9.84. The number of aromatic nitrogens is 2. The van der Waals surface area contributed by atoms with Crippen molar-refractivity contribution in [2.75, 3.05) is 19.0 Å². The molecule has 19 heavy (non-hydrogen) atoms. The standard InChI is InChI=1S/C14H22BrN3O/c1-4-16-12-11(15)10(2)17-13(18-12)14(19-3)8-6-5-7-9-14/h4-9H2,1-3H3,(H,16,17,18). The average Bonchev–Trinajstić information content (AvgIpc) is 2.44. The zero-order valence-electron chi connectivity index (χ0n) is 11.9. The van der Waals surface area contributed by atoms with Crippen molar-refractivity contribution in [3.05, 3.63) is 16.0 Å². The first-order valence-corrected chi connectivity index (χ1v) is 7.76. The van der Waals surface area contributed by atoms with Gasteiger partial charge in [0.1, 0.15) is 11.4 Å². The topological polar surface area (TPSA) is 47.0 Å². The highest BCUT2D eigenvalue weighted by Gasteiger charge is 2.37. The summed E-state index contributed by atoms with van der Waals surface area (Å²) in [5.41, 5.74) is 0.663. The van der Waals surface area contributed by atoms with Gasteiger partial charge in [-0.15, -0.1) is 0 Å². The molecule has 0 bridgehead atoms. The van der Waals surface area contributed by atoms with E-state index in [0.29, 0.717) is 0 Å². The van der Waals surface area contributed by atoms with Gasteiger partial charge in [0.25, 0.3) is 0 Å². The van der Waals surface area contributed by atoms with E-state index in [9.17, 15) is 0 Å². The van der Waals surface area contributed by atoms with Crippen LogP contribution >= 0.6 is 15.9 Å². The molecular formula is C14H22BrN3O. The SMILES string of the molecule is CCNc1nc(C2(OC)CCCCC2)nc(C)c1Br. The third kappa shape index (κ3) is 2.92. The van der Waals surface area contributed by atoms with E-state index in [1.807, 2.05) is 6.92 Å². The Bertz CT molecular complexity index is 445. The second-order valence-electron chi connectivity index (χ2n) is 5.08. The Labute approximate surface area is 123 Å². The molecule has 1 aromatic heterocycles. The van der Waals surface area contributed by atoms with Gasteiger partial charge in [0.05, 0.1) is 10.2 Å². The average molecular weight is 328 g/mol. The van der Waals surface area contributed by atoms with Crippen LogP contribution in [0.4, 0.5) is 5.82 Å². The minimum Gasteiger partial charge on any atom is -0.370 e. The van der Waals surface area contributed by atoms with Crippen molar-refractivity contribution < 1.29 is 4.74 Å². The van der Waals surface area contributed by atoms with Gasteiger partial charge in [-0.2, -0.15) is 0 Å². The van der Waals surface area contributed by atoms with E-state index in [2.05, 4.69) is 33.2 Å². The van der Waals surface area contributed by atoms with Crippen LogP contribution in [0.25, 0.3) is 0 Å². The smallest absolute Gasteiger partial charge is 0.162 e. The highest BCUT2D eigenvalue weighted by Crippen LogP contribution is 2.39. The predicted molar refractivity (Wildman–Crippen MR) is 80.4 cm³/mol. The molecule has 1 N–H and O–H groups in total. The van der Waals surface area contributed by atoms with Gasteiger partial charge in [-0.1, -0.05) is 19.3 Å². The first-order valence-electron chi connectivity index (χ1n) is 6.96. The Morgan fingerprint density at radius 3 is 2.53 bits per heavy atom. The number of halogens is 1. The van der Waals surface area contributed by atoms with Crippen LogP contribution in [-0.4, -0.2) is 23.6 Å². The highest BCUT2D eigenvalue weighted by atomic mass is 79.9. The van der Waals surface area contributed by atoms with Crippen LogP contribution in [0.15, 0.2) is 4.47 Å². The number of ether oxygens (including phenoxy) is 1. The Morgan fingerprint density at radius 1 is 1.26 bits per heavy atom. The molecule has 1 heterocycles. The molecule has 2 rings (SSSR count). The molecule has 0 saturated heterocycles. The summed E-state index contributed by atoms with van der Waals surface area (Å²) in [6.07, 6.45) is 5.67. The minimum atomic E-state index is -0.298. The van der Waals surface area contributed by atoms with Gasteiger partial charge in [0.2, 0.25) is 0 Å². The van der Waals surface area contributed by atoms with Crippen molar-refractivity contribution in [2.24, 2.45) is 0 Å². The molecule has 106 valence electrons. The van der Waals surface area contributed by atoms with Crippen LogP contribution in [0, 0.1) is 6.92 Å². The van der Waals surface area contributed by atoms with Gasteiger partial charge >= 0.3 is 0 Å². The molecule has 5 heteroatoms. The Morgan fingerprint density at radius 2 is 1.95 bits per heavy atom. The summed E-state index contributed by atoms with van der Waals surface area (Å²) in [5.74, 6) is 1.69. The van der Waals surface area contributed by atoms with Crippen molar-refractivity contribution in [2.45, 2.75) is 51.6 Å².